The van der Waals surface area contributed by atoms with E-state index in [2.05, 4.69) is 24.1 Å². The van der Waals surface area contributed by atoms with Crippen LogP contribution < -0.4 is 5.32 Å². The van der Waals surface area contributed by atoms with Crippen LogP contribution in [-0.4, -0.2) is 49.7 Å². The van der Waals surface area contributed by atoms with Crippen LogP contribution in [0.4, 0.5) is 0 Å². The van der Waals surface area contributed by atoms with Crippen molar-refractivity contribution >= 4 is 5.97 Å². The van der Waals surface area contributed by atoms with E-state index in [1.165, 1.54) is 19.3 Å². The van der Waals surface area contributed by atoms with Crippen molar-refractivity contribution in [1.82, 2.24) is 10.2 Å². The van der Waals surface area contributed by atoms with Crippen LogP contribution in [0.1, 0.15) is 33.1 Å². The normalized spacial score (nSPS) is 17.7. The van der Waals surface area contributed by atoms with Crippen molar-refractivity contribution in [2.75, 3.05) is 32.8 Å². The molecule has 4 heteroatoms. The second-order valence-electron chi connectivity index (χ2n) is 4.67. The number of carbonyl (C=O) groups excluding carboxylic acids is 1. The molecule has 1 aliphatic rings. The largest absolute Gasteiger partial charge is 0.463 e. The summed E-state index contributed by atoms with van der Waals surface area (Å²) in [6, 6.07) is 0.445. The van der Waals surface area contributed by atoms with Crippen LogP contribution in [0.5, 0.6) is 0 Å². The van der Waals surface area contributed by atoms with Crippen LogP contribution in [0, 0.1) is 0 Å². The predicted octanol–water partition coefficient (Wildman–Crippen LogP) is 1.01. The molecule has 0 atom stereocenters. The molecule has 0 aromatic carbocycles. The third-order valence-corrected chi connectivity index (χ3v) is 2.72. The molecule has 1 rings (SSSR count). The lowest BCUT2D eigenvalue weighted by molar-refractivity contribution is -0.145. The molecule has 0 aromatic rings. The highest BCUT2D eigenvalue weighted by atomic mass is 16.5. The number of likely N-dealkylation sites (tertiary alicyclic amines) is 1. The SMILES string of the molecule is CC(C)NCCOC(=O)CN1CCCCC1. The summed E-state index contributed by atoms with van der Waals surface area (Å²) in [5.41, 5.74) is 0. The van der Waals surface area contributed by atoms with E-state index in [0.29, 0.717) is 19.2 Å². The number of piperidine rings is 1. The van der Waals surface area contributed by atoms with Gasteiger partial charge in [-0.05, 0) is 25.9 Å². The van der Waals surface area contributed by atoms with Crippen molar-refractivity contribution in [3.8, 4) is 0 Å². The zero-order valence-corrected chi connectivity index (χ0v) is 10.5. The summed E-state index contributed by atoms with van der Waals surface area (Å²) in [5.74, 6) is -0.0903. The van der Waals surface area contributed by atoms with Crippen LogP contribution in [0.2, 0.25) is 0 Å². The van der Waals surface area contributed by atoms with E-state index in [4.69, 9.17) is 4.74 Å². The van der Waals surface area contributed by atoms with E-state index in [9.17, 15) is 4.79 Å². The van der Waals surface area contributed by atoms with Crippen LogP contribution in [0.3, 0.4) is 0 Å². The molecule has 16 heavy (non-hydrogen) atoms. The van der Waals surface area contributed by atoms with Crippen LogP contribution in [0.25, 0.3) is 0 Å². The zero-order chi connectivity index (χ0) is 11.8. The third-order valence-electron chi connectivity index (χ3n) is 2.72. The van der Waals surface area contributed by atoms with Gasteiger partial charge in [0.1, 0.15) is 6.61 Å². The Balaban J connectivity index is 2.01. The summed E-state index contributed by atoms with van der Waals surface area (Å²) in [5, 5.41) is 3.21. The number of rotatable bonds is 6. The Bertz CT molecular complexity index is 201. The average molecular weight is 228 g/mol. The van der Waals surface area contributed by atoms with Gasteiger partial charge in [0.05, 0.1) is 6.54 Å². The number of nitrogens with one attached hydrogen (secondary N) is 1. The Morgan fingerprint density at radius 1 is 1.31 bits per heavy atom. The summed E-state index contributed by atoms with van der Waals surface area (Å²) in [4.78, 5) is 13.6. The fraction of sp³-hybridized carbons (Fsp3) is 0.917. The number of esters is 1. The lowest BCUT2D eigenvalue weighted by Crippen LogP contribution is -2.36. The minimum absolute atomic E-state index is 0.0903. The maximum atomic E-state index is 11.5. The van der Waals surface area contributed by atoms with E-state index in [1.54, 1.807) is 0 Å². The van der Waals surface area contributed by atoms with Crippen molar-refractivity contribution in [2.24, 2.45) is 0 Å². The molecular weight excluding hydrogens is 204 g/mol. The van der Waals surface area contributed by atoms with Gasteiger partial charge in [-0.15, -0.1) is 0 Å². The van der Waals surface area contributed by atoms with Gasteiger partial charge in [0.2, 0.25) is 0 Å². The van der Waals surface area contributed by atoms with Gasteiger partial charge in [0, 0.05) is 12.6 Å². The Morgan fingerprint density at radius 3 is 2.62 bits per heavy atom. The first-order chi connectivity index (χ1) is 7.68. The molecule has 1 N–H and O–H groups in total. The lowest BCUT2D eigenvalue weighted by atomic mass is 10.1. The Morgan fingerprint density at radius 2 is 2.00 bits per heavy atom. The Kier molecular flexibility index (Phi) is 6.42. The van der Waals surface area contributed by atoms with Gasteiger partial charge in [-0.3, -0.25) is 9.69 Å². The van der Waals surface area contributed by atoms with Gasteiger partial charge in [0.15, 0.2) is 0 Å². The van der Waals surface area contributed by atoms with Gasteiger partial charge in [-0.25, -0.2) is 0 Å². The molecule has 1 saturated heterocycles. The standard InChI is InChI=1S/C12H24N2O2/c1-11(2)13-6-9-16-12(15)10-14-7-4-3-5-8-14/h11,13H,3-10H2,1-2H3. The van der Waals surface area contributed by atoms with E-state index in [1.807, 2.05) is 0 Å². The number of nitrogens with zero attached hydrogens (tertiary/aromatic N) is 1. The van der Waals surface area contributed by atoms with Crippen molar-refractivity contribution in [3.05, 3.63) is 0 Å². The minimum atomic E-state index is -0.0903. The summed E-state index contributed by atoms with van der Waals surface area (Å²) < 4.78 is 5.15. The zero-order valence-electron chi connectivity index (χ0n) is 10.5. The summed E-state index contributed by atoms with van der Waals surface area (Å²) >= 11 is 0. The number of ether oxygens (including phenoxy) is 1. The first kappa shape index (κ1) is 13.5. The topological polar surface area (TPSA) is 41.6 Å². The van der Waals surface area contributed by atoms with Gasteiger partial charge < -0.3 is 10.1 Å². The van der Waals surface area contributed by atoms with E-state index >= 15 is 0 Å². The van der Waals surface area contributed by atoms with Crippen LogP contribution >= 0.6 is 0 Å². The van der Waals surface area contributed by atoms with Gasteiger partial charge >= 0.3 is 5.97 Å². The van der Waals surface area contributed by atoms with Gasteiger partial charge in [-0.2, -0.15) is 0 Å². The van der Waals surface area contributed by atoms with Crippen LogP contribution in [-0.2, 0) is 9.53 Å². The molecule has 0 amide bonds. The van der Waals surface area contributed by atoms with Gasteiger partial charge in [0.25, 0.3) is 0 Å². The van der Waals surface area contributed by atoms with Crippen molar-refractivity contribution in [3.63, 3.8) is 0 Å². The number of carbonyl (C=O) groups is 1. The molecule has 1 fully saturated rings. The second kappa shape index (κ2) is 7.63. The highest BCUT2D eigenvalue weighted by Crippen LogP contribution is 2.07. The molecule has 0 saturated carbocycles. The second-order valence-corrected chi connectivity index (χ2v) is 4.67. The molecule has 4 nitrogen and oxygen atoms in total. The molecular formula is C12H24N2O2. The third kappa shape index (κ3) is 6.08. The maximum Gasteiger partial charge on any atom is 0.320 e. The fourth-order valence-corrected chi connectivity index (χ4v) is 1.86. The molecule has 0 radical (unpaired) electrons. The average Bonchev–Trinajstić information content (AvgIpc) is 2.25. The van der Waals surface area contributed by atoms with Crippen LogP contribution in [0.15, 0.2) is 0 Å². The molecule has 0 spiro atoms. The fourth-order valence-electron chi connectivity index (χ4n) is 1.86. The predicted molar refractivity (Wildman–Crippen MR) is 64.4 cm³/mol. The number of hydrogen-bond donors (Lipinski definition) is 1. The lowest BCUT2D eigenvalue weighted by Gasteiger charge is -2.25. The van der Waals surface area contributed by atoms with E-state index < -0.39 is 0 Å². The highest BCUT2D eigenvalue weighted by molar-refractivity contribution is 5.71. The first-order valence-electron chi connectivity index (χ1n) is 6.30. The van der Waals surface area contributed by atoms with Crippen molar-refractivity contribution in [2.45, 2.75) is 39.2 Å². The van der Waals surface area contributed by atoms with Crippen molar-refractivity contribution in [1.29, 1.82) is 0 Å². The molecule has 1 heterocycles. The monoisotopic (exact) mass is 228 g/mol. The number of hydrogen-bond acceptors (Lipinski definition) is 4. The molecule has 0 aliphatic carbocycles. The summed E-state index contributed by atoms with van der Waals surface area (Å²) in [7, 11) is 0. The van der Waals surface area contributed by atoms with Crippen molar-refractivity contribution < 1.29 is 9.53 Å². The smallest absolute Gasteiger partial charge is 0.320 e. The summed E-state index contributed by atoms with van der Waals surface area (Å²) in [6.45, 7) is 7.92. The quantitative estimate of drug-likeness (QED) is 0.544. The minimum Gasteiger partial charge on any atom is -0.463 e. The van der Waals surface area contributed by atoms with E-state index in [0.717, 1.165) is 19.6 Å². The Hall–Kier alpha value is -0.610. The summed E-state index contributed by atoms with van der Waals surface area (Å²) in [6.07, 6.45) is 3.72. The van der Waals surface area contributed by atoms with E-state index in [-0.39, 0.29) is 5.97 Å². The molecule has 1 aliphatic heterocycles. The molecule has 0 bridgehead atoms. The maximum absolute atomic E-state index is 11.5. The molecule has 0 unspecified atom stereocenters. The van der Waals surface area contributed by atoms with Gasteiger partial charge in [-0.1, -0.05) is 20.3 Å². The molecule has 0 aromatic heterocycles. The first-order valence-corrected chi connectivity index (χ1v) is 6.30. The Labute approximate surface area is 98.3 Å². The highest BCUT2D eigenvalue weighted by Gasteiger charge is 2.14. The molecule has 94 valence electrons.